The van der Waals surface area contributed by atoms with Crippen LogP contribution < -0.4 is 5.32 Å². The molecule has 1 saturated carbocycles. The van der Waals surface area contributed by atoms with E-state index < -0.39 is 0 Å². The van der Waals surface area contributed by atoms with Gasteiger partial charge in [0, 0.05) is 25.7 Å². The zero-order valence-electron chi connectivity index (χ0n) is 10.6. The first kappa shape index (κ1) is 11.5. The number of nitrogens with one attached hydrogen (secondary N) is 1. The van der Waals surface area contributed by atoms with Gasteiger partial charge in [-0.2, -0.15) is 5.10 Å². The predicted molar refractivity (Wildman–Crippen MR) is 68.1 cm³/mol. The number of rotatable bonds is 6. The highest BCUT2D eigenvalue weighted by Crippen LogP contribution is 2.20. The molecular formula is C13H18N4O. The molecule has 1 aliphatic carbocycles. The fourth-order valence-electron chi connectivity index (χ4n) is 1.94. The maximum Gasteiger partial charge on any atom is 0.194 e. The van der Waals surface area contributed by atoms with Gasteiger partial charge in [-0.1, -0.05) is 0 Å². The van der Waals surface area contributed by atoms with Crippen molar-refractivity contribution in [3.63, 3.8) is 0 Å². The molecule has 0 aromatic carbocycles. The molecule has 1 N–H and O–H groups in total. The molecule has 5 heteroatoms. The molecule has 0 bridgehead atoms. The van der Waals surface area contributed by atoms with E-state index in [2.05, 4.69) is 15.4 Å². The van der Waals surface area contributed by atoms with Crippen molar-refractivity contribution < 1.29 is 4.42 Å². The minimum atomic E-state index is 0.778. The molecule has 1 fully saturated rings. The second-order valence-corrected chi connectivity index (χ2v) is 4.85. The Morgan fingerprint density at radius 1 is 1.44 bits per heavy atom. The Labute approximate surface area is 106 Å². The van der Waals surface area contributed by atoms with E-state index in [9.17, 15) is 0 Å². The van der Waals surface area contributed by atoms with Crippen molar-refractivity contribution in [2.75, 3.05) is 6.54 Å². The van der Waals surface area contributed by atoms with Crippen LogP contribution in [0.15, 0.2) is 23.0 Å². The smallest absolute Gasteiger partial charge is 0.194 e. The molecule has 0 saturated heterocycles. The van der Waals surface area contributed by atoms with Crippen molar-refractivity contribution in [1.82, 2.24) is 20.1 Å². The lowest BCUT2D eigenvalue weighted by Gasteiger charge is -1.99. The number of aryl methyl sites for hydroxylation is 2. The van der Waals surface area contributed by atoms with Gasteiger partial charge in [-0.25, -0.2) is 4.98 Å². The van der Waals surface area contributed by atoms with E-state index in [1.165, 1.54) is 12.8 Å². The Morgan fingerprint density at radius 2 is 2.33 bits per heavy atom. The number of aromatic nitrogens is 3. The fourth-order valence-corrected chi connectivity index (χ4v) is 1.94. The van der Waals surface area contributed by atoms with E-state index in [0.29, 0.717) is 0 Å². The second kappa shape index (κ2) is 4.94. The third-order valence-electron chi connectivity index (χ3n) is 3.12. The largest absolute Gasteiger partial charge is 0.441 e. The zero-order valence-corrected chi connectivity index (χ0v) is 10.6. The van der Waals surface area contributed by atoms with E-state index in [1.54, 1.807) is 17.1 Å². The summed E-state index contributed by atoms with van der Waals surface area (Å²) in [6, 6.07) is 0.778. The molecular weight excluding hydrogens is 228 g/mol. The highest BCUT2D eigenvalue weighted by Gasteiger charge is 2.19. The van der Waals surface area contributed by atoms with Gasteiger partial charge in [0.15, 0.2) is 11.7 Å². The van der Waals surface area contributed by atoms with E-state index >= 15 is 0 Å². The third-order valence-corrected chi connectivity index (χ3v) is 3.12. The van der Waals surface area contributed by atoms with Gasteiger partial charge in [0.1, 0.15) is 0 Å². The molecule has 0 amide bonds. The average Bonchev–Trinajstić information content (AvgIpc) is 2.88. The van der Waals surface area contributed by atoms with Crippen molar-refractivity contribution in [3.8, 4) is 11.3 Å². The lowest BCUT2D eigenvalue weighted by atomic mass is 10.3. The third kappa shape index (κ3) is 2.79. The first-order valence-corrected chi connectivity index (χ1v) is 6.48. The Bertz CT molecular complexity index is 513. The van der Waals surface area contributed by atoms with Gasteiger partial charge in [0.25, 0.3) is 0 Å². The zero-order chi connectivity index (χ0) is 12.4. The fraction of sp³-hybridized carbons (Fsp3) is 0.538. The van der Waals surface area contributed by atoms with Crippen molar-refractivity contribution in [3.05, 3.63) is 24.5 Å². The highest BCUT2D eigenvalue weighted by atomic mass is 16.4. The molecule has 0 unspecified atom stereocenters. The van der Waals surface area contributed by atoms with Crippen LogP contribution in [0.2, 0.25) is 0 Å². The first-order valence-electron chi connectivity index (χ1n) is 6.48. The van der Waals surface area contributed by atoms with Crippen LogP contribution >= 0.6 is 0 Å². The Morgan fingerprint density at radius 3 is 3.06 bits per heavy atom. The number of nitrogens with zero attached hydrogens (tertiary/aromatic N) is 3. The summed E-state index contributed by atoms with van der Waals surface area (Å²) in [6.07, 6.45) is 10.1. The molecule has 96 valence electrons. The van der Waals surface area contributed by atoms with E-state index in [4.69, 9.17) is 4.42 Å². The average molecular weight is 246 g/mol. The van der Waals surface area contributed by atoms with Crippen LogP contribution in [0.1, 0.15) is 25.2 Å². The van der Waals surface area contributed by atoms with Crippen molar-refractivity contribution in [1.29, 1.82) is 0 Å². The number of hydrogen-bond donors (Lipinski definition) is 1. The minimum absolute atomic E-state index is 0.778. The van der Waals surface area contributed by atoms with Crippen LogP contribution in [0.5, 0.6) is 0 Å². The molecule has 18 heavy (non-hydrogen) atoms. The first-order chi connectivity index (χ1) is 8.81. The molecule has 0 atom stereocenters. The minimum Gasteiger partial charge on any atom is -0.441 e. The van der Waals surface area contributed by atoms with Crippen LogP contribution in [-0.2, 0) is 13.5 Å². The van der Waals surface area contributed by atoms with Crippen molar-refractivity contribution >= 4 is 0 Å². The Hall–Kier alpha value is -1.62. The molecule has 2 heterocycles. The Kier molecular flexibility index (Phi) is 3.15. The van der Waals surface area contributed by atoms with Gasteiger partial charge >= 0.3 is 0 Å². The molecule has 3 rings (SSSR count). The molecule has 0 radical (unpaired) electrons. The summed E-state index contributed by atoms with van der Waals surface area (Å²) in [5, 5.41) is 7.61. The predicted octanol–water partition coefficient (Wildman–Crippen LogP) is 1.76. The highest BCUT2D eigenvalue weighted by molar-refractivity contribution is 5.53. The van der Waals surface area contributed by atoms with Crippen LogP contribution in [0.4, 0.5) is 0 Å². The van der Waals surface area contributed by atoms with Gasteiger partial charge in [-0.05, 0) is 25.8 Å². The monoisotopic (exact) mass is 246 g/mol. The second-order valence-electron chi connectivity index (χ2n) is 4.85. The molecule has 0 spiro atoms. The van der Waals surface area contributed by atoms with Gasteiger partial charge in [0.2, 0.25) is 0 Å². The van der Waals surface area contributed by atoms with Gasteiger partial charge in [0.05, 0.1) is 18.0 Å². The van der Waals surface area contributed by atoms with E-state index in [0.717, 1.165) is 42.6 Å². The number of hydrogen-bond acceptors (Lipinski definition) is 4. The maximum absolute atomic E-state index is 5.71. The Balaban J connectivity index is 1.52. The van der Waals surface area contributed by atoms with E-state index in [-0.39, 0.29) is 0 Å². The van der Waals surface area contributed by atoms with Crippen molar-refractivity contribution in [2.45, 2.75) is 31.7 Å². The van der Waals surface area contributed by atoms with E-state index in [1.807, 2.05) is 13.2 Å². The lowest BCUT2D eigenvalue weighted by Crippen LogP contribution is -2.17. The molecule has 5 nitrogen and oxygen atoms in total. The standard InChI is InChI=1S/C13H18N4O/c1-17-9-10(7-16-17)12-8-15-13(18-12)3-2-6-14-11-4-5-11/h7-9,11,14H,2-6H2,1H3. The van der Waals surface area contributed by atoms with Gasteiger partial charge < -0.3 is 9.73 Å². The van der Waals surface area contributed by atoms with Crippen LogP contribution in [0.3, 0.4) is 0 Å². The summed E-state index contributed by atoms with van der Waals surface area (Å²) < 4.78 is 7.47. The summed E-state index contributed by atoms with van der Waals surface area (Å²) in [4.78, 5) is 4.30. The molecule has 2 aromatic rings. The molecule has 0 aliphatic heterocycles. The molecule has 2 aromatic heterocycles. The van der Waals surface area contributed by atoms with Crippen molar-refractivity contribution in [2.24, 2.45) is 7.05 Å². The lowest BCUT2D eigenvalue weighted by molar-refractivity contribution is 0.491. The summed E-state index contributed by atoms with van der Waals surface area (Å²) >= 11 is 0. The summed E-state index contributed by atoms with van der Waals surface area (Å²) in [7, 11) is 1.89. The number of oxazole rings is 1. The van der Waals surface area contributed by atoms with Crippen LogP contribution in [0.25, 0.3) is 11.3 Å². The van der Waals surface area contributed by atoms with Crippen LogP contribution in [-0.4, -0.2) is 27.4 Å². The molecule has 1 aliphatic rings. The SMILES string of the molecule is Cn1cc(-c2cnc(CCCNC3CC3)o2)cn1. The maximum atomic E-state index is 5.71. The van der Waals surface area contributed by atoms with Gasteiger partial charge in [-0.15, -0.1) is 0 Å². The topological polar surface area (TPSA) is 55.9 Å². The summed E-state index contributed by atoms with van der Waals surface area (Å²) in [6.45, 7) is 1.05. The summed E-state index contributed by atoms with van der Waals surface area (Å²) in [5.74, 6) is 1.61. The van der Waals surface area contributed by atoms with Crippen LogP contribution in [0, 0.1) is 0 Å². The quantitative estimate of drug-likeness (QED) is 0.789. The normalized spacial score (nSPS) is 15.2. The summed E-state index contributed by atoms with van der Waals surface area (Å²) in [5.41, 5.74) is 0.979. The van der Waals surface area contributed by atoms with Gasteiger partial charge in [-0.3, -0.25) is 4.68 Å².